The third-order valence-corrected chi connectivity index (χ3v) is 1.93. The molecule has 10 heavy (non-hydrogen) atoms. The molecule has 0 heterocycles. The highest BCUT2D eigenvalue weighted by atomic mass is 16.4. The van der Waals surface area contributed by atoms with Crippen molar-refractivity contribution >= 4 is 6.21 Å². The number of nitrogens with zero attached hydrogens (tertiary/aromatic N) is 1. The number of hydrogen-bond acceptors (Lipinski definition) is 2. The van der Waals surface area contributed by atoms with Gasteiger partial charge in [-0.1, -0.05) is 18.2 Å². The lowest BCUT2D eigenvalue weighted by Gasteiger charge is -2.14. The van der Waals surface area contributed by atoms with Crippen molar-refractivity contribution in [1.82, 2.24) is 0 Å². The molecule has 0 amide bonds. The molecule has 2 nitrogen and oxygen atoms in total. The van der Waals surface area contributed by atoms with Crippen LogP contribution in [0.15, 0.2) is 16.8 Å². The van der Waals surface area contributed by atoms with Crippen molar-refractivity contribution in [3.8, 4) is 0 Å². The molecule has 1 atom stereocenters. The second-order valence-corrected chi connectivity index (χ2v) is 2.90. The maximum absolute atomic E-state index is 8.21. The van der Waals surface area contributed by atoms with Crippen molar-refractivity contribution in [3.05, 3.63) is 11.6 Å². The maximum atomic E-state index is 8.21. The molecule has 1 rings (SSSR count). The van der Waals surface area contributed by atoms with Crippen LogP contribution in [0.2, 0.25) is 0 Å². The second-order valence-electron chi connectivity index (χ2n) is 2.90. The quantitative estimate of drug-likeness (QED) is 0.337. The van der Waals surface area contributed by atoms with Crippen LogP contribution in [-0.4, -0.2) is 11.4 Å². The second kappa shape index (κ2) is 3.40. The molecule has 0 aromatic rings. The first-order valence-electron chi connectivity index (χ1n) is 3.69. The van der Waals surface area contributed by atoms with Gasteiger partial charge in [0.05, 0.1) is 6.21 Å². The Morgan fingerprint density at radius 1 is 1.80 bits per heavy atom. The fraction of sp³-hybridized carbons (Fsp3) is 0.625. The molecule has 56 valence electrons. The molecular formula is C8H13NO. The van der Waals surface area contributed by atoms with Crippen LogP contribution in [0.25, 0.3) is 0 Å². The number of oxime groups is 1. The van der Waals surface area contributed by atoms with E-state index in [0.29, 0.717) is 0 Å². The molecule has 0 aromatic carbocycles. The Morgan fingerprint density at radius 3 is 3.10 bits per heavy atom. The third kappa shape index (κ3) is 1.87. The SMILES string of the molecule is CC1CC=C(/C=N/O)CC1. The molecule has 2 heteroatoms. The minimum absolute atomic E-state index is 0.802. The Labute approximate surface area is 61.2 Å². The summed E-state index contributed by atoms with van der Waals surface area (Å²) in [7, 11) is 0. The number of allylic oxidation sites excluding steroid dienone is 2. The first kappa shape index (κ1) is 7.32. The van der Waals surface area contributed by atoms with Crippen LogP contribution in [0.1, 0.15) is 26.2 Å². The molecule has 0 saturated heterocycles. The highest BCUT2D eigenvalue weighted by Crippen LogP contribution is 2.21. The topological polar surface area (TPSA) is 32.6 Å². The summed E-state index contributed by atoms with van der Waals surface area (Å²) in [5.74, 6) is 0.802. The van der Waals surface area contributed by atoms with Crippen LogP contribution < -0.4 is 0 Å². The first-order valence-corrected chi connectivity index (χ1v) is 3.69. The van der Waals surface area contributed by atoms with Crippen molar-refractivity contribution in [3.63, 3.8) is 0 Å². The van der Waals surface area contributed by atoms with Gasteiger partial charge in [-0.2, -0.15) is 0 Å². The van der Waals surface area contributed by atoms with Gasteiger partial charge in [-0.3, -0.25) is 0 Å². The zero-order valence-electron chi connectivity index (χ0n) is 6.25. The van der Waals surface area contributed by atoms with Gasteiger partial charge in [0.25, 0.3) is 0 Å². The average molecular weight is 139 g/mol. The van der Waals surface area contributed by atoms with Crippen molar-refractivity contribution in [2.45, 2.75) is 26.2 Å². The lowest BCUT2D eigenvalue weighted by molar-refractivity contribution is 0.321. The monoisotopic (exact) mass is 139 g/mol. The van der Waals surface area contributed by atoms with Crippen LogP contribution in [-0.2, 0) is 0 Å². The standard InChI is InChI=1S/C8H13NO/c1-7-2-4-8(5-3-7)6-9-10/h4,6-7,10H,2-3,5H2,1H3/b9-6+. The van der Waals surface area contributed by atoms with Crippen LogP contribution in [0.3, 0.4) is 0 Å². The van der Waals surface area contributed by atoms with Crippen LogP contribution in [0, 0.1) is 5.92 Å². The molecule has 1 aliphatic rings. The minimum atomic E-state index is 0.802. The van der Waals surface area contributed by atoms with Gasteiger partial charge in [0.15, 0.2) is 0 Å². The minimum Gasteiger partial charge on any atom is -0.411 e. The van der Waals surface area contributed by atoms with E-state index in [4.69, 9.17) is 5.21 Å². The van der Waals surface area contributed by atoms with Gasteiger partial charge in [0, 0.05) is 0 Å². The van der Waals surface area contributed by atoms with Gasteiger partial charge in [-0.05, 0) is 30.8 Å². The van der Waals surface area contributed by atoms with Crippen molar-refractivity contribution in [1.29, 1.82) is 0 Å². The van der Waals surface area contributed by atoms with Gasteiger partial charge >= 0.3 is 0 Å². The molecule has 1 unspecified atom stereocenters. The summed E-state index contributed by atoms with van der Waals surface area (Å²) in [6, 6.07) is 0. The van der Waals surface area contributed by atoms with Crippen molar-refractivity contribution in [2.24, 2.45) is 11.1 Å². The third-order valence-electron chi connectivity index (χ3n) is 1.93. The zero-order valence-corrected chi connectivity index (χ0v) is 6.25. The largest absolute Gasteiger partial charge is 0.411 e. The van der Waals surface area contributed by atoms with Crippen molar-refractivity contribution in [2.75, 3.05) is 0 Å². The first-order chi connectivity index (χ1) is 4.83. The Hall–Kier alpha value is -0.790. The predicted molar refractivity (Wildman–Crippen MR) is 41.4 cm³/mol. The lowest BCUT2D eigenvalue weighted by Crippen LogP contribution is -2.01. The average Bonchev–Trinajstić information content (AvgIpc) is 1.95. The van der Waals surface area contributed by atoms with E-state index in [2.05, 4.69) is 18.2 Å². The highest BCUT2D eigenvalue weighted by Gasteiger charge is 2.07. The van der Waals surface area contributed by atoms with E-state index in [1.165, 1.54) is 18.2 Å². The summed E-state index contributed by atoms with van der Waals surface area (Å²) in [5, 5.41) is 11.2. The van der Waals surface area contributed by atoms with Gasteiger partial charge in [0.1, 0.15) is 0 Å². The normalized spacial score (nSPS) is 26.9. The van der Waals surface area contributed by atoms with Crippen LogP contribution in [0.4, 0.5) is 0 Å². The van der Waals surface area contributed by atoms with E-state index in [9.17, 15) is 0 Å². The summed E-state index contributed by atoms with van der Waals surface area (Å²) in [5.41, 5.74) is 1.17. The summed E-state index contributed by atoms with van der Waals surface area (Å²) < 4.78 is 0. The smallest absolute Gasteiger partial charge is 0.0690 e. The molecule has 0 aromatic heterocycles. The van der Waals surface area contributed by atoms with Crippen molar-refractivity contribution < 1.29 is 5.21 Å². The Kier molecular flexibility index (Phi) is 2.49. The van der Waals surface area contributed by atoms with E-state index in [-0.39, 0.29) is 0 Å². The number of rotatable bonds is 1. The molecule has 0 saturated carbocycles. The van der Waals surface area contributed by atoms with Crippen LogP contribution >= 0.6 is 0 Å². The van der Waals surface area contributed by atoms with E-state index in [0.717, 1.165) is 18.8 Å². The summed E-state index contributed by atoms with van der Waals surface area (Å²) in [4.78, 5) is 0. The maximum Gasteiger partial charge on any atom is 0.0690 e. The van der Waals surface area contributed by atoms with Gasteiger partial charge in [-0.25, -0.2) is 0 Å². The van der Waals surface area contributed by atoms with Crippen LogP contribution in [0.5, 0.6) is 0 Å². The molecule has 0 fully saturated rings. The van der Waals surface area contributed by atoms with E-state index in [1.54, 1.807) is 0 Å². The van der Waals surface area contributed by atoms with Gasteiger partial charge in [-0.15, -0.1) is 0 Å². The predicted octanol–water partition coefficient (Wildman–Crippen LogP) is 2.19. The summed E-state index contributed by atoms with van der Waals surface area (Å²) in [6.45, 7) is 2.24. The Morgan fingerprint density at radius 2 is 2.60 bits per heavy atom. The summed E-state index contributed by atoms with van der Waals surface area (Å²) in [6.07, 6.45) is 7.09. The summed E-state index contributed by atoms with van der Waals surface area (Å²) >= 11 is 0. The molecule has 1 N–H and O–H groups in total. The fourth-order valence-electron chi connectivity index (χ4n) is 1.18. The lowest BCUT2D eigenvalue weighted by atomic mass is 9.92. The molecular weight excluding hydrogens is 126 g/mol. The van der Waals surface area contributed by atoms with Gasteiger partial charge in [0.2, 0.25) is 0 Å². The number of hydrogen-bond donors (Lipinski definition) is 1. The molecule has 1 aliphatic carbocycles. The van der Waals surface area contributed by atoms with Gasteiger partial charge < -0.3 is 5.21 Å². The Bertz CT molecular complexity index is 161. The molecule has 0 aliphatic heterocycles. The van der Waals surface area contributed by atoms with E-state index in [1.807, 2.05) is 0 Å². The fourth-order valence-corrected chi connectivity index (χ4v) is 1.18. The Balaban J connectivity index is 2.48. The zero-order chi connectivity index (χ0) is 7.40. The van der Waals surface area contributed by atoms with E-state index < -0.39 is 0 Å². The molecule has 0 spiro atoms. The molecule has 0 radical (unpaired) electrons. The highest BCUT2D eigenvalue weighted by molar-refractivity contribution is 5.77. The molecule has 0 bridgehead atoms. The van der Waals surface area contributed by atoms with E-state index >= 15 is 0 Å².